The Hall–Kier alpha value is -1.67. The van der Waals surface area contributed by atoms with Crippen molar-refractivity contribution in [3.05, 3.63) is 29.8 Å². The summed E-state index contributed by atoms with van der Waals surface area (Å²) in [6, 6.07) is 7.69. The molecule has 1 amide bonds. The lowest BCUT2D eigenvalue weighted by molar-refractivity contribution is -0.315. The number of para-hydroxylation sites is 1. The van der Waals surface area contributed by atoms with E-state index >= 15 is 0 Å². The van der Waals surface area contributed by atoms with Crippen molar-refractivity contribution < 1.29 is 28.8 Å². The normalized spacial score (nSPS) is 38.2. The highest BCUT2D eigenvalue weighted by molar-refractivity contribution is 5.76. The molecule has 2 aliphatic carbocycles. The summed E-state index contributed by atoms with van der Waals surface area (Å²) in [5.74, 6) is 0.958. The molecule has 1 aromatic rings. The van der Waals surface area contributed by atoms with Gasteiger partial charge in [-0.05, 0) is 49.0 Å². The van der Waals surface area contributed by atoms with Crippen LogP contribution in [0.2, 0.25) is 0 Å². The van der Waals surface area contributed by atoms with Crippen molar-refractivity contribution in [3.63, 3.8) is 0 Å². The number of aliphatic hydroxyl groups is 1. The number of methoxy groups -OCH3 is 2. The summed E-state index contributed by atoms with van der Waals surface area (Å²) in [4.78, 5) is 13.0. The minimum Gasteiger partial charge on any atom is -0.496 e. The van der Waals surface area contributed by atoms with E-state index < -0.39 is 6.10 Å². The fraction of sp³-hybridized carbons (Fsp3) is 0.731. The predicted molar refractivity (Wildman–Crippen MR) is 124 cm³/mol. The SMILES string of the molecule is COC[C@@H]1OC[C@@]2(C)C3CC[C@@H](O)[C@@H](CC(=O)NCc4ccccc4OC)[C@]3(C)CC[C@H]2O1. The van der Waals surface area contributed by atoms with Crippen molar-refractivity contribution >= 4 is 5.91 Å². The average molecular weight is 462 g/mol. The number of rotatable bonds is 7. The number of fused-ring (bicyclic) bond motifs is 3. The number of hydrogen-bond donors (Lipinski definition) is 2. The van der Waals surface area contributed by atoms with Crippen LogP contribution in [-0.2, 0) is 25.5 Å². The Labute approximate surface area is 197 Å². The first-order valence-electron chi connectivity index (χ1n) is 12.1. The number of carbonyl (C=O) groups is 1. The zero-order valence-electron chi connectivity index (χ0n) is 20.3. The third kappa shape index (κ3) is 4.65. The molecule has 0 spiro atoms. The number of amides is 1. The number of ether oxygens (including phenoxy) is 4. The van der Waals surface area contributed by atoms with Crippen molar-refractivity contribution in [1.82, 2.24) is 5.32 Å². The summed E-state index contributed by atoms with van der Waals surface area (Å²) in [6.45, 7) is 5.99. The first kappa shape index (κ1) is 24.5. The van der Waals surface area contributed by atoms with Crippen LogP contribution in [0.15, 0.2) is 24.3 Å². The maximum absolute atomic E-state index is 13.0. The van der Waals surface area contributed by atoms with E-state index in [1.54, 1.807) is 14.2 Å². The van der Waals surface area contributed by atoms with Gasteiger partial charge < -0.3 is 29.4 Å². The second-order valence-electron chi connectivity index (χ2n) is 10.5. The van der Waals surface area contributed by atoms with Crippen LogP contribution in [0, 0.1) is 22.7 Å². The number of nitrogens with one attached hydrogen (secondary N) is 1. The van der Waals surface area contributed by atoms with Crippen LogP contribution >= 0.6 is 0 Å². The molecule has 184 valence electrons. The lowest BCUT2D eigenvalue weighted by atomic mass is 9.46. The van der Waals surface area contributed by atoms with E-state index in [1.165, 1.54) is 0 Å². The molecule has 0 aromatic heterocycles. The monoisotopic (exact) mass is 461 g/mol. The van der Waals surface area contributed by atoms with Gasteiger partial charge in [-0.1, -0.05) is 32.0 Å². The Balaban J connectivity index is 1.45. The standard InChI is InChI=1S/C26H39NO6/c1-25-12-11-22-26(2,16-32-24(33-22)15-30-3)21(25)10-9-19(28)18(25)13-23(29)27-14-17-7-5-6-8-20(17)31-4/h5-8,18-19,21-22,24,28H,9-16H2,1-4H3,(H,27,29)/t18-,19-,21?,22-,24-,25+,26+/m1/s1. The van der Waals surface area contributed by atoms with Gasteiger partial charge in [-0.15, -0.1) is 0 Å². The number of carbonyl (C=O) groups excluding carboxylic acids is 1. The van der Waals surface area contributed by atoms with Crippen molar-refractivity contribution in [2.45, 2.75) is 71.0 Å². The fourth-order valence-corrected chi connectivity index (χ4v) is 6.82. The van der Waals surface area contributed by atoms with Gasteiger partial charge in [0.2, 0.25) is 5.91 Å². The summed E-state index contributed by atoms with van der Waals surface area (Å²) in [5, 5.41) is 14.0. The fourth-order valence-electron chi connectivity index (χ4n) is 6.82. The van der Waals surface area contributed by atoms with Gasteiger partial charge in [0.1, 0.15) is 5.75 Å². The molecule has 0 radical (unpaired) electrons. The van der Waals surface area contributed by atoms with E-state index in [9.17, 15) is 9.90 Å². The van der Waals surface area contributed by atoms with E-state index in [-0.39, 0.29) is 35.0 Å². The summed E-state index contributed by atoms with van der Waals surface area (Å²) >= 11 is 0. The topological polar surface area (TPSA) is 86.2 Å². The van der Waals surface area contributed by atoms with Gasteiger partial charge in [0.15, 0.2) is 6.29 Å². The molecule has 1 aromatic carbocycles. The molecule has 1 unspecified atom stereocenters. The maximum Gasteiger partial charge on any atom is 0.220 e. The Kier molecular flexibility index (Phi) is 7.34. The van der Waals surface area contributed by atoms with E-state index in [4.69, 9.17) is 18.9 Å². The van der Waals surface area contributed by atoms with Gasteiger partial charge in [0, 0.05) is 31.1 Å². The summed E-state index contributed by atoms with van der Waals surface area (Å²) in [6.07, 6.45) is 3.09. The van der Waals surface area contributed by atoms with Crippen molar-refractivity contribution in [2.24, 2.45) is 22.7 Å². The molecule has 7 atom stereocenters. The second-order valence-corrected chi connectivity index (χ2v) is 10.5. The number of hydrogen-bond acceptors (Lipinski definition) is 6. The van der Waals surface area contributed by atoms with Gasteiger partial charge in [0.25, 0.3) is 0 Å². The predicted octanol–water partition coefficient (Wildman–Crippen LogP) is 3.28. The van der Waals surface area contributed by atoms with Crippen LogP contribution in [0.5, 0.6) is 5.75 Å². The molecular formula is C26H39NO6. The van der Waals surface area contributed by atoms with Gasteiger partial charge in [-0.2, -0.15) is 0 Å². The largest absolute Gasteiger partial charge is 0.496 e. The smallest absolute Gasteiger partial charge is 0.220 e. The molecule has 0 bridgehead atoms. The summed E-state index contributed by atoms with van der Waals surface area (Å²) in [7, 11) is 3.29. The van der Waals surface area contributed by atoms with Gasteiger partial charge in [-0.3, -0.25) is 4.79 Å². The highest BCUT2D eigenvalue weighted by Gasteiger charge is 2.61. The molecule has 3 fully saturated rings. The molecule has 1 aliphatic heterocycles. The molecule has 1 heterocycles. The van der Waals surface area contributed by atoms with Gasteiger partial charge in [-0.25, -0.2) is 0 Å². The van der Waals surface area contributed by atoms with Crippen LogP contribution in [0.3, 0.4) is 0 Å². The molecule has 2 N–H and O–H groups in total. The van der Waals surface area contributed by atoms with E-state index in [0.29, 0.717) is 38.5 Å². The van der Waals surface area contributed by atoms with Crippen LogP contribution in [0.4, 0.5) is 0 Å². The first-order chi connectivity index (χ1) is 15.8. The zero-order valence-corrected chi connectivity index (χ0v) is 20.3. The Morgan fingerprint density at radius 1 is 1.18 bits per heavy atom. The average Bonchev–Trinajstić information content (AvgIpc) is 2.80. The number of aliphatic hydroxyl groups excluding tert-OH is 1. The first-order valence-corrected chi connectivity index (χ1v) is 12.1. The molecule has 1 saturated heterocycles. The quantitative estimate of drug-likeness (QED) is 0.648. The third-order valence-corrected chi connectivity index (χ3v) is 8.61. The van der Waals surface area contributed by atoms with Crippen molar-refractivity contribution in [1.29, 1.82) is 0 Å². The van der Waals surface area contributed by atoms with Crippen LogP contribution in [0.25, 0.3) is 0 Å². The lowest BCUT2D eigenvalue weighted by Crippen LogP contribution is -2.63. The summed E-state index contributed by atoms with van der Waals surface area (Å²) < 4.78 is 22.9. The molecule has 2 saturated carbocycles. The van der Waals surface area contributed by atoms with Crippen LogP contribution in [-0.4, -0.2) is 56.9 Å². The minimum absolute atomic E-state index is 0.0320. The Morgan fingerprint density at radius 2 is 1.97 bits per heavy atom. The van der Waals surface area contributed by atoms with E-state index in [1.807, 2.05) is 24.3 Å². The molecule has 3 aliphatic rings. The van der Waals surface area contributed by atoms with Gasteiger partial charge in [0.05, 0.1) is 32.5 Å². The van der Waals surface area contributed by atoms with E-state index in [2.05, 4.69) is 19.2 Å². The van der Waals surface area contributed by atoms with E-state index in [0.717, 1.165) is 30.6 Å². The molecule has 33 heavy (non-hydrogen) atoms. The Morgan fingerprint density at radius 3 is 2.73 bits per heavy atom. The Bertz CT molecular complexity index is 833. The van der Waals surface area contributed by atoms with Crippen molar-refractivity contribution in [3.8, 4) is 5.75 Å². The molecular weight excluding hydrogens is 422 g/mol. The maximum atomic E-state index is 13.0. The zero-order chi connectivity index (χ0) is 23.6. The summed E-state index contributed by atoms with van der Waals surface area (Å²) in [5.41, 5.74) is 0.659. The highest BCUT2D eigenvalue weighted by atomic mass is 16.7. The molecule has 7 heteroatoms. The van der Waals surface area contributed by atoms with Crippen LogP contribution < -0.4 is 10.1 Å². The number of benzene rings is 1. The molecule has 4 rings (SSSR count). The van der Waals surface area contributed by atoms with Gasteiger partial charge >= 0.3 is 0 Å². The highest BCUT2D eigenvalue weighted by Crippen LogP contribution is 2.62. The molecule has 7 nitrogen and oxygen atoms in total. The van der Waals surface area contributed by atoms with Crippen LogP contribution in [0.1, 0.15) is 51.5 Å². The third-order valence-electron chi connectivity index (χ3n) is 8.61. The van der Waals surface area contributed by atoms with Crippen molar-refractivity contribution in [2.75, 3.05) is 27.4 Å². The second kappa shape index (κ2) is 9.90. The lowest BCUT2D eigenvalue weighted by Gasteiger charge is -2.62. The minimum atomic E-state index is -0.477.